The van der Waals surface area contributed by atoms with Gasteiger partial charge in [-0.05, 0) is 73.4 Å². The molecule has 11 heteroatoms. The van der Waals surface area contributed by atoms with Gasteiger partial charge in [0, 0.05) is 12.6 Å². The fraction of sp³-hybridized carbons (Fsp3) is 0.355. The van der Waals surface area contributed by atoms with Crippen molar-refractivity contribution in [1.82, 2.24) is 10.2 Å². The third-order valence-electron chi connectivity index (χ3n) is 7.40. The fourth-order valence-electron chi connectivity index (χ4n) is 5.15. The first kappa shape index (κ1) is 31.8. The number of nitrogens with one attached hydrogen (secondary N) is 1. The molecule has 1 N–H and O–H groups in total. The molecule has 0 bridgehead atoms. The topological polar surface area (TPSA) is 86.8 Å². The Morgan fingerprint density at radius 1 is 0.952 bits per heavy atom. The number of rotatable bonds is 11. The molecule has 0 radical (unpaired) electrons. The predicted octanol–water partition coefficient (Wildman–Crippen LogP) is 6.58. The minimum absolute atomic E-state index is 0.00500. The summed E-state index contributed by atoms with van der Waals surface area (Å²) in [7, 11) is -4.23. The number of hydrogen-bond acceptors (Lipinski definition) is 4. The second kappa shape index (κ2) is 14.4. The number of anilines is 1. The molecule has 3 aromatic carbocycles. The van der Waals surface area contributed by atoms with E-state index in [1.807, 2.05) is 0 Å². The first-order valence-electron chi connectivity index (χ1n) is 14.0. The Bertz CT molecular complexity index is 1480. The molecule has 224 valence electrons. The van der Waals surface area contributed by atoms with Crippen LogP contribution in [0.15, 0.2) is 77.7 Å². The summed E-state index contributed by atoms with van der Waals surface area (Å²) >= 11 is 12.4. The fourth-order valence-corrected chi connectivity index (χ4v) is 6.91. The standard InChI is InChI=1S/C31H34Cl2FN3O4S/c1-2-29(31(39)35-24-9-5-3-6-10-24)36(20-22-13-18-27(32)28(33)19-22)30(38)21-37(25-16-14-23(34)15-17-25)42(40,41)26-11-7-4-8-12-26/h4,7-8,11-19,24,29H,2-3,5-6,9-10,20-21H2,1H3,(H,35,39)/t29-/m0/s1. The Balaban J connectivity index is 1.70. The third-order valence-corrected chi connectivity index (χ3v) is 9.93. The van der Waals surface area contributed by atoms with Crippen LogP contribution in [0.4, 0.5) is 10.1 Å². The van der Waals surface area contributed by atoms with Crippen LogP contribution >= 0.6 is 23.2 Å². The van der Waals surface area contributed by atoms with E-state index < -0.39 is 34.3 Å². The summed E-state index contributed by atoms with van der Waals surface area (Å²) in [6.45, 7) is 1.19. The highest BCUT2D eigenvalue weighted by Gasteiger charge is 2.34. The Morgan fingerprint density at radius 2 is 1.62 bits per heavy atom. The van der Waals surface area contributed by atoms with Crippen molar-refractivity contribution in [3.05, 3.63) is 94.2 Å². The van der Waals surface area contributed by atoms with Gasteiger partial charge in [-0.2, -0.15) is 0 Å². The molecule has 1 saturated carbocycles. The molecular weight excluding hydrogens is 600 g/mol. The van der Waals surface area contributed by atoms with Gasteiger partial charge in [-0.15, -0.1) is 0 Å². The van der Waals surface area contributed by atoms with Crippen molar-refractivity contribution in [3.8, 4) is 0 Å². The first-order chi connectivity index (χ1) is 20.1. The van der Waals surface area contributed by atoms with Crippen molar-refractivity contribution in [2.45, 2.75) is 69.0 Å². The van der Waals surface area contributed by atoms with E-state index >= 15 is 0 Å². The number of benzene rings is 3. The maximum atomic E-state index is 14.1. The second-order valence-electron chi connectivity index (χ2n) is 10.3. The van der Waals surface area contributed by atoms with Crippen molar-refractivity contribution >= 4 is 50.7 Å². The van der Waals surface area contributed by atoms with Crippen LogP contribution in [0.25, 0.3) is 0 Å². The van der Waals surface area contributed by atoms with E-state index in [-0.39, 0.29) is 29.1 Å². The lowest BCUT2D eigenvalue weighted by molar-refractivity contribution is -0.140. The van der Waals surface area contributed by atoms with Crippen LogP contribution in [0.1, 0.15) is 51.0 Å². The zero-order chi connectivity index (χ0) is 30.3. The third kappa shape index (κ3) is 7.82. The Labute approximate surface area is 256 Å². The Hall–Kier alpha value is -3.14. The largest absolute Gasteiger partial charge is 0.352 e. The SMILES string of the molecule is CC[C@@H](C(=O)NC1CCCCC1)N(Cc1ccc(Cl)c(Cl)c1)C(=O)CN(c1ccc(F)cc1)S(=O)(=O)c1ccccc1. The van der Waals surface area contributed by atoms with E-state index in [2.05, 4.69) is 5.32 Å². The Kier molecular flexibility index (Phi) is 10.9. The lowest BCUT2D eigenvalue weighted by atomic mass is 9.95. The van der Waals surface area contributed by atoms with E-state index in [1.165, 1.54) is 29.2 Å². The summed E-state index contributed by atoms with van der Waals surface area (Å²) in [6.07, 6.45) is 5.22. The van der Waals surface area contributed by atoms with E-state index in [0.717, 1.165) is 48.5 Å². The predicted molar refractivity (Wildman–Crippen MR) is 163 cm³/mol. The summed E-state index contributed by atoms with van der Waals surface area (Å²) in [5.41, 5.74) is 0.740. The molecule has 0 aromatic heterocycles. The summed E-state index contributed by atoms with van der Waals surface area (Å²) < 4.78 is 42.3. The van der Waals surface area contributed by atoms with Crippen molar-refractivity contribution in [2.75, 3.05) is 10.8 Å². The minimum Gasteiger partial charge on any atom is -0.352 e. The van der Waals surface area contributed by atoms with Gasteiger partial charge in [0.05, 0.1) is 20.6 Å². The number of sulfonamides is 1. The molecule has 0 saturated heterocycles. The van der Waals surface area contributed by atoms with Crippen molar-refractivity contribution in [1.29, 1.82) is 0 Å². The van der Waals surface area contributed by atoms with Crippen LogP contribution in [0.3, 0.4) is 0 Å². The highest BCUT2D eigenvalue weighted by molar-refractivity contribution is 7.92. The normalized spacial score (nSPS) is 14.7. The van der Waals surface area contributed by atoms with Gasteiger partial charge in [-0.1, -0.05) is 73.7 Å². The van der Waals surface area contributed by atoms with E-state index in [1.54, 1.807) is 43.3 Å². The lowest BCUT2D eigenvalue weighted by Gasteiger charge is -2.34. The number of carbonyl (C=O) groups is 2. The van der Waals surface area contributed by atoms with Gasteiger partial charge in [0.15, 0.2) is 0 Å². The van der Waals surface area contributed by atoms with Gasteiger partial charge in [0.25, 0.3) is 10.0 Å². The van der Waals surface area contributed by atoms with E-state index in [9.17, 15) is 22.4 Å². The van der Waals surface area contributed by atoms with Crippen molar-refractivity contribution in [2.24, 2.45) is 0 Å². The van der Waals surface area contributed by atoms with Crippen LogP contribution in [0.2, 0.25) is 10.0 Å². The number of carbonyl (C=O) groups excluding carboxylic acids is 2. The Morgan fingerprint density at radius 3 is 2.24 bits per heavy atom. The number of nitrogens with zero attached hydrogens (tertiary/aromatic N) is 2. The molecule has 2 amide bonds. The number of hydrogen-bond donors (Lipinski definition) is 1. The average Bonchev–Trinajstić information content (AvgIpc) is 2.99. The maximum absolute atomic E-state index is 14.1. The first-order valence-corrected chi connectivity index (χ1v) is 16.2. The molecule has 1 fully saturated rings. The number of halogens is 3. The maximum Gasteiger partial charge on any atom is 0.264 e. The zero-order valence-electron chi connectivity index (χ0n) is 23.3. The smallest absolute Gasteiger partial charge is 0.264 e. The van der Waals surface area contributed by atoms with E-state index in [0.29, 0.717) is 22.0 Å². The van der Waals surface area contributed by atoms with Crippen LogP contribution < -0.4 is 9.62 Å². The van der Waals surface area contributed by atoms with Crippen LogP contribution in [0.5, 0.6) is 0 Å². The lowest BCUT2D eigenvalue weighted by Crippen LogP contribution is -2.54. The molecule has 0 spiro atoms. The molecule has 0 heterocycles. The van der Waals surface area contributed by atoms with Gasteiger partial charge >= 0.3 is 0 Å². The van der Waals surface area contributed by atoms with Crippen molar-refractivity contribution in [3.63, 3.8) is 0 Å². The van der Waals surface area contributed by atoms with Gasteiger partial charge < -0.3 is 10.2 Å². The van der Waals surface area contributed by atoms with Gasteiger partial charge in [0.1, 0.15) is 18.4 Å². The number of amides is 2. The van der Waals surface area contributed by atoms with Crippen LogP contribution in [-0.2, 0) is 26.2 Å². The summed E-state index contributed by atoms with van der Waals surface area (Å²) in [5.74, 6) is -1.44. The molecule has 1 aliphatic carbocycles. The summed E-state index contributed by atoms with van der Waals surface area (Å²) in [4.78, 5) is 29.1. The van der Waals surface area contributed by atoms with Crippen LogP contribution in [0, 0.1) is 5.82 Å². The summed E-state index contributed by atoms with van der Waals surface area (Å²) in [6, 6.07) is 16.7. The molecule has 0 unspecified atom stereocenters. The quantitative estimate of drug-likeness (QED) is 0.258. The molecule has 1 atom stereocenters. The average molecular weight is 635 g/mol. The summed E-state index contributed by atoms with van der Waals surface area (Å²) in [5, 5.41) is 3.74. The van der Waals surface area contributed by atoms with Crippen LogP contribution in [-0.4, -0.2) is 43.8 Å². The molecule has 0 aliphatic heterocycles. The molecule has 4 rings (SSSR count). The van der Waals surface area contributed by atoms with Gasteiger partial charge in [-0.3, -0.25) is 13.9 Å². The molecule has 3 aromatic rings. The van der Waals surface area contributed by atoms with Gasteiger partial charge in [-0.25, -0.2) is 12.8 Å². The minimum atomic E-state index is -4.23. The second-order valence-corrected chi connectivity index (χ2v) is 13.0. The van der Waals surface area contributed by atoms with E-state index in [4.69, 9.17) is 23.2 Å². The van der Waals surface area contributed by atoms with Crippen molar-refractivity contribution < 1.29 is 22.4 Å². The molecule has 1 aliphatic rings. The molecule has 7 nitrogen and oxygen atoms in total. The highest BCUT2D eigenvalue weighted by Crippen LogP contribution is 2.27. The zero-order valence-corrected chi connectivity index (χ0v) is 25.6. The molecular formula is C31H34Cl2FN3O4S. The monoisotopic (exact) mass is 633 g/mol. The molecule has 42 heavy (non-hydrogen) atoms. The highest BCUT2D eigenvalue weighted by atomic mass is 35.5. The van der Waals surface area contributed by atoms with Gasteiger partial charge in [0.2, 0.25) is 11.8 Å².